The fraction of sp³-hybridized carbons (Fsp3) is 0.333. The van der Waals surface area contributed by atoms with Crippen LogP contribution in [0.5, 0.6) is 0 Å². The van der Waals surface area contributed by atoms with Crippen molar-refractivity contribution in [2.45, 2.75) is 37.2 Å². The zero-order chi connectivity index (χ0) is 14.5. The number of thiol groups is 2. The van der Waals surface area contributed by atoms with Gasteiger partial charge in [-0.05, 0) is 35.1 Å². The van der Waals surface area contributed by atoms with Gasteiger partial charge in [-0.3, -0.25) is 0 Å². The van der Waals surface area contributed by atoms with Crippen LogP contribution < -0.4 is 0 Å². The van der Waals surface area contributed by atoms with Crippen molar-refractivity contribution in [1.82, 2.24) is 0 Å². The van der Waals surface area contributed by atoms with Gasteiger partial charge >= 0.3 is 0 Å². The Kier molecular flexibility index (Phi) is 5.62. The smallest absolute Gasteiger partial charge is 0.0424 e. The highest BCUT2D eigenvalue weighted by Gasteiger charge is 2.17. The fourth-order valence-corrected chi connectivity index (χ4v) is 2.95. The van der Waals surface area contributed by atoms with Gasteiger partial charge < -0.3 is 0 Å². The average Bonchev–Trinajstić information content (AvgIpc) is 2.53. The van der Waals surface area contributed by atoms with E-state index in [1.165, 1.54) is 22.3 Å². The van der Waals surface area contributed by atoms with Gasteiger partial charge in [0.05, 0.1) is 0 Å². The van der Waals surface area contributed by atoms with E-state index in [0.29, 0.717) is 0 Å². The molecule has 2 heteroatoms. The lowest BCUT2D eigenvalue weighted by molar-refractivity contribution is 0.915. The molecule has 2 rings (SSSR count). The minimum absolute atomic E-state index is 0.108. The van der Waals surface area contributed by atoms with Gasteiger partial charge in [-0.1, -0.05) is 62.4 Å². The van der Waals surface area contributed by atoms with Gasteiger partial charge in [-0.2, -0.15) is 25.3 Å². The van der Waals surface area contributed by atoms with E-state index < -0.39 is 0 Å². The topological polar surface area (TPSA) is 0 Å². The van der Waals surface area contributed by atoms with Crippen LogP contribution in [0, 0.1) is 0 Å². The van der Waals surface area contributed by atoms with Crippen molar-refractivity contribution in [3.8, 4) is 0 Å². The van der Waals surface area contributed by atoms with Crippen molar-refractivity contribution < 1.29 is 0 Å². The van der Waals surface area contributed by atoms with Crippen molar-refractivity contribution in [3.05, 3.63) is 70.8 Å². The molecule has 0 aliphatic carbocycles. The van der Waals surface area contributed by atoms with Crippen LogP contribution in [0.4, 0.5) is 0 Å². The lowest BCUT2D eigenvalue weighted by Gasteiger charge is -2.20. The van der Waals surface area contributed by atoms with Gasteiger partial charge in [0.25, 0.3) is 0 Å². The highest BCUT2D eigenvalue weighted by atomic mass is 32.1. The number of rotatable bonds is 5. The van der Waals surface area contributed by atoms with Crippen molar-refractivity contribution in [2.24, 2.45) is 0 Å². The second kappa shape index (κ2) is 7.24. The molecule has 0 amide bonds. The van der Waals surface area contributed by atoms with Crippen LogP contribution in [-0.4, -0.2) is 0 Å². The summed E-state index contributed by atoms with van der Waals surface area (Å²) >= 11 is 9.52. The first kappa shape index (κ1) is 15.5. The summed E-state index contributed by atoms with van der Waals surface area (Å²) in [5.41, 5.74) is 5.17. The standard InChI is InChI=1S/C18H22S2/c1-3-13-5-9-15(10-6-13)17(19)18(20)16-11-7-14(4-2)8-12-16/h5-12,17-20H,3-4H2,1-2H3. The molecule has 0 saturated heterocycles. The van der Waals surface area contributed by atoms with Crippen molar-refractivity contribution in [3.63, 3.8) is 0 Å². The normalized spacial score (nSPS) is 14.0. The van der Waals surface area contributed by atoms with Gasteiger partial charge in [0.1, 0.15) is 0 Å². The monoisotopic (exact) mass is 302 g/mol. The number of aryl methyl sites for hydroxylation is 2. The molecule has 2 aromatic carbocycles. The van der Waals surface area contributed by atoms with E-state index in [1.807, 2.05) is 0 Å². The molecule has 0 N–H and O–H groups in total. The Labute approximate surface area is 133 Å². The first-order chi connectivity index (χ1) is 9.65. The summed E-state index contributed by atoms with van der Waals surface area (Å²) < 4.78 is 0. The molecule has 0 aliphatic rings. The van der Waals surface area contributed by atoms with Crippen LogP contribution in [0.1, 0.15) is 46.6 Å². The zero-order valence-corrected chi connectivity index (χ0v) is 13.9. The molecule has 20 heavy (non-hydrogen) atoms. The molecule has 106 valence electrons. The van der Waals surface area contributed by atoms with Crippen molar-refractivity contribution in [1.29, 1.82) is 0 Å². The van der Waals surface area contributed by atoms with Crippen LogP contribution in [0.2, 0.25) is 0 Å². The summed E-state index contributed by atoms with van der Waals surface area (Å²) in [6.07, 6.45) is 2.14. The average molecular weight is 303 g/mol. The molecule has 0 spiro atoms. The second-order valence-corrected chi connectivity index (χ2v) is 6.19. The third-order valence-corrected chi connectivity index (χ3v) is 5.19. The molecule has 0 aliphatic heterocycles. The Bertz CT molecular complexity index is 477. The summed E-state index contributed by atoms with van der Waals surface area (Å²) in [6, 6.07) is 17.4. The van der Waals surface area contributed by atoms with Crippen LogP contribution >= 0.6 is 25.3 Å². The molecule has 0 aromatic heterocycles. The minimum atomic E-state index is 0.108. The van der Waals surface area contributed by atoms with Crippen LogP contribution in [-0.2, 0) is 12.8 Å². The first-order valence-corrected chi connectivity index (χ1v) is 8.22. The maximum absolute atomic E-state index is 4.76. The zero-order valence-electron chi connectivity index (χ0n) is 12.1. The third kappa shape index (κ3) is 3.62. The molecule has 2 unspecified atom stereocenters. The lowest BCUT2D eigenvalue weighted by atomic mass is 10.00. The fourth-order valence-electron chi connectivity index (χ4n) is 2.27. The number of benzene rings is 2. The van der Waals surface area contributed by atoms with Gasteiger partial charge in [-0.25, -0.2) is 0 Å². The quantitative estimate of drug-likeness (QED) is 0.674. The molecule has 0 radical (unpaired) electrons. The molecule has 0 nitrogen and oxygen atoms in total. The molecule has 0 saturated carbocycles. The van der Waals surface area contributed by atoms with E-state index in [4.69, 9.17) is 25.3 Å². The Balaban J connectivity index is 2.15. The van der Waals surface area contributed by atoms with Crippen LogP contribution in [0.15, 0.2) is 48.5 Å². The van der Waals surface area contributed by atoms with Gasteiger partial charge in [-0.15, -0.1) is 0 Å². The first-order valence-electron chi connectivity index (χ1n) is 7.19. The van der Waals surface area contributed by atoms with Crippen molar-refractivity contribution >= 4 is 25.3 Å². The Morgan fingerprint density at radius 2 is 0.950 bits per heavy atom. The number of hydrogen-bond donors (Lipinski definition) is 2. The maximum Gasteiger partial charge on any atom is 0.0424 e. The Hall–Kier alpha value is -0.860. The summed E-state index contributed by atoms with van der Waals surface area (Å²) in [4.78, 5) is 0. The van der Waals surface area contributed by atoms with Crippen LogP contribution in [0.3, 0.4) is 0 Å². The summed E-state index contributed by atoms with van der Waals surface area (Å²) in [6.45, 7) is 4.34. The molecule has 2 atom stereocenters. The largest absolute Gasteiger partial charge is 0.170 e. The summed E-state index contributed by atoms with van der Waals surface area (Å²) in [5.74, 6) is 0. The Morgan fingerprint density at radius 1 is 0.650 bits per heavy atom. The third-order valence-electron chi connectivity index (χ3n) is 3.76. The Morgan fingerprint density at radius 3 is 1.20 bits per heavy atom. The molecule has 2 aromatic rings. The highest BCUT2D eigenvalue weighted by molar-refractivity contribution is 7.84. The maximum atomic E-state index is 4.76. The van der Waals surface area contributed by atoms with Gasteiger partial charge in [0.2, 0.25) is 0 Å². The lowest BCUT2D eigenvalue weighted by Crippen LogP contribution is -2.01. The van der Waals surface area contributed by atoms with E-state index in [1.54, 1.807) is 0 Å². The van der Waals surface area contributed by atoms with E-state index in [-0.39, 0.29) is 10.5 Å². The molecule has 0 fully saturated rings. The van der Waals surface area contributed by atoms with Gasteiger partial charge in [0, 0.05) is 10.5 Å². The molecule has 0 heterocycles. The van der Waals surface area contributed by atoms with Gasteiger partial charge in [0.15, 0.2) is 0 Å². The summed E-state index contributed by atoms with van der Waals surface area (Å²) in [5, 5.41) is 0.216. The van der Waals surface area contributed by atoms with E-state index in [9.17, 15) is 0 Å². The second-order valence-electron chi connectivity index (χ2n) is 5.08. The van der Waals surface area contributed by atoms with Crippen LogP contribution in [0.25, 0.3) is 0 Å². The molecular weight excluding hydrogens is 280 g/mol. The number of hydrogen-bond acceptors (Lipinski definition) is 2. The minimum Gasteiger partial charge on any atom is -0.170 e. The van der Waals surface area contributed by atoms with E-state index in [0.717, 1.165) is 12.8 Å². The predicted octanol–water partition coefficient (Wildman–Crippen LogP) is 5.45. The van der Waals surface area contributed by atoms with Crippen molar-refractivity contribution in [2.75, 3.05) is 0 Å². The predicted molar refractivity (Wildman–Crippen MR) is 95.1 cm³/mol. The molecular formula is C18H22S2. The SMILES string of the molecule is CCc1ccc(C(S)C(S)c2ccc(CC)cc2)cc1. The molecule has 0 bridgehead atoms. The van der Waals surface area contributed by atoms with E-state index in [2.05, 4.69) is 62.4 Å². The highest BCUT2D eigenvalue weighted by Crippen LogP contribution is 2.38. The summed E-state index contributed by atoms with van der Waals surface area (Å²) in [7, 11) is 0. The van der Waals surface area contributed by atoms with E-state index >= 15 is 0 Å².